The maximum Gasteiger partial charge on any atom is 0.223 e. The van der Waals surface area contributed by atoms with E-state index in [0.29, 0.717) is 18.9 Å². The summed E-state index contributed by atoms with van der Waals surface area (Å²) < 4.78 is 7.26. The van der Waals surface area contributed by atoms with E-state index in [2.05, 4.69) is 22.6 Å². The summed E-state index contributed by atoms with van der Waals surface area (Å²) in [4.78, 5) is 16.2. The molecule has 0 bridgehead atoms. The molecule has 126 valence electrons. The number of hydrogen-bond acceptors (Lipinski definition) is 5. The number of nitrogens with zero attached hydrogens (tertiary/aromatic N) is 3. The molecule has 1 atom stereocenters. The van der Waals surface area contributed by atoms with Crippen LogP contribution in [0.15, 0.2) is 17.1 Å². The molecule has 6 heteroatoms. The number of aromatic hydroxyl groups is 1. The van der Waals surface area contributed by atoms with E-state index in [9.17, 15) is 9.90 Å². The summed E-state index contributed by atoms with van der Waals surface area (Å²) in [6, 6.07) is 1.41. The Bertz CT molecular complexity index is 612. The zero-order valence-corrected chi connectivity index (χ0v) is 13.9. The first-order valence-electron chi connectivity index (χ1n) is 7.93. The molecule has 1 aromatic heterocycles. The van der Waals surface area contributed by atoms with Crippen molar-refractivity contribution in [1.82, 2.24) is 14.4 Å². The minimum Gasteiger partial charge on any atom is -0.503 e. The molecule has 0 spiro atoms. The third kappa shape index (κ3) is 4.35. The first-order valence-corrected chi connectivity index (χ1v) is 7.93. The predicted molar refractivity (Wildman–Crippen MR) is 89.5 cm³/mol. The number of rotatable bonds is 6. The molecule has 1 saturated heterocycles. The van der Waals surface area contributed by atoms with Gasteiger partial charge in [0, 0.05) is 45.0 Å². The van der Waals surface area contributed by atoms with Crippen molar-refractivity contribution in [2.75, 3.05) is 45.9 Å². The van der Waals surface area contributed by atoms with Crippen molar-refractivity contribution in [3.8, 4) is 18.1 Å². The van der Waals surface area contributed by atoms with Crippen LogP contribution in [0.2, 0.25) is 0 Å². The number of aromatic nitrogens is 1. The second-order valence-corrected chi connectivity index (χ2v) is 5.79. The van der Waals surface area contributed by atoms with Crippen LogP contribution in [0.25, 0.3) is 0 Å². The first-order chi connectivity index (χ1) is 11.0. The molecule has 23 heavy (non-hydrogen) atoms. The second-order valence-electron chi connectivity index (χ2n) is 5.79. The Morgan fingerprint density at radius 1 is 1.39 bits per heavy atom. The van der Waals surface area contributed by atoms with Gasteiger partial charge in [0.2, 0.25) is 5.43 Å². The Balaban J connectivity index is 1.89. The Morgan fingerprint density at radius 2 is 2.09 bits per heavy atom. The van der Waals surface area contributed by atoms with E-state index in [-0.39, 0.29) is 17.3 Å². The molecule has 0 radical (unpaired) electrons. The van der Waals surface area contributed by atoms with E-state index in [1.165, 1.54) is 6.07 Å². The van der Waals surface area contributed by atoms with E-state index in [4.69, 9.17) is 11.2 Å². The van der Waals surface area contributed by atoms with E-state index < -0.39 is 0 Å². The van der Waals surface area contributed by atoms with Gasteiger partial charge in [-0.2, -0.15) is 0 Å². The Morgan fingerprint density at radius 3 is 2.74 bits per heavy atom. The lowest BCUT2D eigenvalue weighted by atomic mass is 10.2. The summed E-state index contributed by atoms with van der Waals surface area (Å²) in [7, 11) is 0. The fourth-order valence-electron chi connectivity index (χ4n) is 2.91. The van der Waals surface area contributed by atoms with Crippen LogP contribution in [-0.2, 0) is 4.74 Å². The van der Waals surface area contributed by atoms with Crippen molar-refractivity contribution in [3.05, 3.63) is 28.2 Å². The smallest absolute Gasteiger partial charge is 0.223 e. The quantitative estimate of drug-likeness (QED) is 0.616. The van der Waals surface area contributed by atoms with Crippen LogP contribution in [0.4, 0.5) is 0 Å². The molecule has 0 aromatic carbocycles. The van der Waals surface area contributed by atoms with Crippen molar-refractivity contribution < 1.29 is 9.84 Å². The number of ether oxygens (including phenoxy) is 1. The van der Waals surface area contributed by atoms with Crippen LogP contribution in [0.1, 0.15) is 18.8 Å². The number of pyridine rings is 1. The maximum atomic E-state index is 11.5. The van der Waals surface area contributed by atoms with Gasteiger partial charge in [0.15, 0.2) is 5.75 Å². The molecular weight excluding hydrogens is 294 g/mol. The topological polar surface area (TPSA) is 57.9 Å². The molecule has 0 amide bonds. The lowest BCUT2D eigenvalue weighted by molar-refractivity contribution is 0.0536. The van der Waals surface area contributed by atoms with Gasteiger partial charge in [-0.15, -0.1) is 6.42 Å². The zero-order chi connectivity index (χ0) is 16.8. The average molecular weight is 319 g/mol. The minimum atomic E-state index is -0.331. The number of piperazine rings is 1. The summed E-state index contributed by atoms with van der Waals surface area (Å²) in [5.41, 5.74) is 0.276. The van der Waals surface area contributed by atoms with E-state index in [1.54, 1.807) is 13.1 Å². The molecule has 1 aromatic rings. The third-order valence-electron chi connectivity index (χ3n) is 4.43. The minimum absolute atomic E-state index is 0.0985. The molecule has 0 aliphatic carbocycles. The Labute approximate surface area is 137 Å². The van der Waals surface area contributed by atoms with Gasteiger partial charge < -0.3 is 14.4 Å². The normalized spacial score (nSPS) is 17.8. The molecule has 1 N–H and O–H groups in total. The van der Waals surface area contributed by atoms with Crippen molar-refractivity contribution in [1.29, 1.82) is 0 Å². The average Bonchev–Trinajstić information content (AvgIpc) is 2.57. The largest absolute Gasteiger partial charge is 0.503 e. The highest BCUT2D eigenvalue weighted by Crippen LogP contribution is 2.20. The summed E-state index contributed by atoms with van der Waals surface area (Å²) in [5.74, 6) is 2.30. The van der Waals surface area contributed by atoms with Gasteiger partial charge in [-0.25, -0.2) is 0 Å². The molecule has 6 nitrogen and oxygen atoms in total. The fourth-order valence-corrected chi connectivity index (χ4v) is 2.91. The van der Waals surface area contributed by atoms with Crippen LogP contribution in [0.3, 0.4) is 0 Å². The van der Waals surface area contributed by atoms with Gasteiger partial charge in [0.05, 0.1) is 18.5 Å². The molecule has 2 heterocycles. The van der Waals surface area contributed by atoms with Gasteiger partial charge in [-0.1, -0.05) is 5.92 Å². The van der Waals surface area contributed by atoms with Crippen LogP contribution in [0, 0.1) is 19.3 Å². The molecule has 1 fully saturated rings. The van der Waals surface area contributed by atoms with Crippen molar-refractivity contribution in [3.63, 3.8) is 0 Å². The van der Waals surface area contributed by atoms with Crippen LogP contribution < -0.4 is 5.43 Å². The van der Waals surface area contributed by atoms with Crippen LogP contribution in [-0.4, -0.2) is 65.4 Å². The lowest BCUT2D eigenvalue weighted by Gasteiger charge is -2.39. The highest BCUT2D eigenvalue weighted by atomic mass is 16.5. The number of hydrogen-bond donors (Lipinski definition) is 1. The van der Waals surface area contributed by atoms with Crippen molar-refractivity contribution in [2.45, 2.75) is 20.0 Å². The molecule has 2 rings (SSSR count). The Hall–Kier alpha value is -1.81. The number of terminal acetylenes is 1. The van der Waals surface area contributed by atoms with Gasteiger partial charge >= 0.3 is 0 Å². The zero-order valence-electron chi connectivity index (χ0n) is 13.9. The monoisotopic (exact) mass is 319 g/mol. The van der Waals surface area contributed by atoms with Crippen molar-refractivity contribution in [2.24, 2.45) is 0 Å². The summed E-state index contributed by atoms with van der Waals surface area (Å²) in [6.07, 6.45) is 7.00. The second kappa shape index (κ2) is 8.16. The molecular formula is C17H25N3O3. The third-order valence-corrected chi connectivity index (χ3v) is 4.43. The molecule has 0 saturated carbocycles. The van der Waals surface area contributed by atoms with Crippen LogP contribution >= 0.6 is 0 Å². The summed E-state index contributed by atoms with van der Waals surface area (Å²) in [5, 5.41) is 9.83. The predicted octanol–water partition coefficient (Wildman–Crippen LogP) is 0.648. The van der Waals surface area contributed by atoms with E-state index in [1.807, 2.05) is 4.57 Å². The Kier molecular flexibility index (Phi) is 6.22. The summed E-state index contributed by atoms with van der Waals surface area (Å²) >= 11 is 0. The first kappa shape index (κ1) is 17.5. The molecule has 1 aliphatic heterocycles. The lowest BCUT2D eigenvalue weighted by Crippen LogP contribution is -2.49. The fraction of sp³-hybridized carbons (Fsp3) is 0.588. The van der Waals surface area contributed by atoms with Gasteiger partial charge in [-0.3, -0.25) is 14.6 Å². The van der Waals surface area contributed by atoms with E-state index >= 15 is 0 Å². The maximum absolute atomic E-state index is 11.5. The SMILES string of the molecule is C#CCOCCN1CCN(C(C)n2ccc(=O)c(O)c2C)CC1. The van der Waals surface area contributed by atoms with E-state index in [0.717, 1.165) is 32.7 Å². The van der Waals surface area contributed by atoms with Crippen molar-refractivity contribution >= 4 is 0 Å². The molecule has 1 aliphatic rings. The van der Waals surface area contributed by atoms with Gasteiger partial charge in [0.25, 0.3) is 0 Å². The van der Waals surface area contributed by atoms with Crippen LogP contribution in [0.5, 0.6) is 5.75 Å². The van der Waals surface area contributed by atoms with Gasteiger partial charge in [-0.05, 0) is 13.8 Å². The molecule has 1 unspecified atom stereocenters. The standard InChI is InChI=1S/C17H25N3O3/c1-4-12-23-13-11-18-7-9-19(10-8-18)15(3)20-6-5-16(21)17(22)14(20)2/h1,5-6,15,22H,7-13H2,2-3H3. The van der Waals surface area contributed by atoms with Gasteiger partial charge in [0.1, 0.15) is 6.61 Å². The highest BCUT2D eigenvalue weighted by Gasteiger charge is 2.22. The summed E-state index contributed by atoms with van der Waals surface area (Å²) in [6.45, 7) is 9.57. The highest BCUT2D eigenvalue weighted by molar-refractivity contribution is 5.25.